The van der Waals surface area contributed by atoms with Crippen LogP contribution in [0.3, 0.4) is 0 Å². The van der Waals surface area contributed by atoms with Gasteiger partial charge >= 0.3 is 5.97 Å². The van der Waals surface area contributed by atoms with Gasteiger partial charge < -0.3 is 20.2 Å². The predicted octanol–water partition coefficient (Wildman–Crippen LogP) is 1.32. The second-order valence-electron chi connectivity index (χ2n) is 8.92. The van der Waals surface area contributed by atoms with E-state index in [4.69, 9.17) is 4.84 Å². The number of amides is 3. The lowest BCUT2D eigenvalue weighted by atomic mass is 9.98. The average Bonchev–Trinajstić information content (AvgIpc) is 3.18. The molecule has 3 heterocycles. The van der Waals surface area contributed by atoms with E-state index < -0.39 is 29.2 Å². The lowest BCUT2D eigenvalue weighted by Crippen LogP contribution is -2.71. The van der Waals surface area contributed by atoms with Gasteiger partial charge in [0.2, 0.25) is 11.8 Å². The quantitative estimate of drug-likeness (QED) is 0.306. The number of likely N-dealkylation sites (tertiary alicyclic amines) is 1. The smallest absolute Gasteiger partial charge is 0.353 e. The minimum absolute atomic E-state index is 0.0498. The maximum Gasteiger partial charge on any atom is 0.353 e. The summed E-state index contributed by atoms with van der Waals surface area (Å²) < 4.78 is 0. The lowest BCUT2D eigenvalue weighted by Gasteiger charge is -2.49. The number of nitrogens with zero attached hydrogens (tertiary/aromatic N) is 3. The highest BCUT2D eigenvalue weighted by Gasteiger charge is 2.54. The number of carboxylic acids is 1. The Morgan fingerprint density at radius 1 is 1.27 bits per heavy atom. The van der Waals surface area contributed by atoms with Gasteiger partial charge in [0.15, 0.2) is 0 Å². The predicted molar refractivity (Wildman–Crippen MR) is 121 cm³/mol. The highest BCUT2D eigenvalue weighted by Crippen LogP contribution is 2.40. The summed E-state index contributed by atoms with van der Waals surface area (Å²) in [5.74, 6) is -2.23. The summed E-state index contributed by atoms with van der Waals surface area (Å²) in [5, 5.41) is 16.0. The van der Waals surface area contributed by atoms with Gasteiger partial charge in [-0.3, -0.25) is 19.3 Å². The van der Waals surface area contributed by atoms with Gasteiger partial charge in [0.05, 0.1) is 12.1 Å². The molecule has 0 spiro atoms. The zero-order valence-corrected chi connectivity index (χ0v) is 19.5. The number of aliphatic carboxylic acids is 1. The Morgan fingerprint density at radius 2 is 2.03 bits per heavy atom. The fraction of sp³-hybridized carbons (Fsp3) is 0.682. The van der Waals surface area contributed by atoms with Crippen molar-refractivity contribution >= 4 is 41.7 Å². The van der Waals surface area contributed by atoms with E-state index in [0.29, 0.717) is 24.4 Å². The number of carbonyl (C=O) groups is 4. The maximum absolute atomic E-state index is 12.8. The Kier molecular flexibility index (Phi) is 7.26. The SMILES string of the molecule is CCCN1CC(C(=O)N[C@@H]2C(=O)N3C(C(=O)O)=C(C=NOC4CCCCC4)CS[C@@H]23)CC1=O. The highest BCUT2D eigenvalue weighted by atomic mass is 32.2. The Labute approximate surface area is 196 Å². The Balaban J connectivity index is 1.38. The molecule has 1 saturated carbocycles. The molecule has 0 aromatic heterocycles. The molecule has 180 valence electrons. The minimum atomic E-state index is -1.21. The van der Waals surface area contributed by atoms with Crippen molar-refractivity contribution in [3.63, 3.8) is 0 Å². The molecular formula is C22H30N4O6S. The van der Waals surface area contributed by atoms with E-state index in [2.05, 4.69) is 10.5 Å². The third kappa shape index (κ3) is 4.87. The molecule has 1 unspecified atom stereocenters. The van der Waals surface area contributed by atoms with Gasteiger partial charge in [-0.25, -0.2) is 4.79 Å². The van der Waals surface area contributed by atoms with E-state index >= 15 is 0 Å². The molecule has 4 aliphatic rings. The second kappa shape index (κ2) is 10.1. The number of carbonyl (C=O) groups excluding carboxylic acids is 3. The number of nitrogens with one attached hydrogen (secondary N) is 1. The molecule has 3 fully saturated rings. The number of oxime groups is 1. The van der Waals surface area contributed by atoms with Gasteiger partial charge in [-0.1, -0.05) is 18.5 Å². The molecule has 2 saturated heterocycles. The number of rotatable bonds is 8. The molecule has 0 bridgehead atoms. The van der Waals surface area contributed by atoms with Crippen LogP contribution in [0.15, 0.2) is 16.4 Å². The summed E-state index contributed by atoms with van der Waals surface area (Å²) in [6, 6.07) is -0.802. The second-order valence-corrected chi connectivity index (χ2v) is 10.0. The molecule has 3 amide bonds. The van der Waals surface area contributed by atoms with Crippen molar-refractivity contribution in [2.24, 2.45) is 11.1 Å². The van der Waals surface area contributed by atoms with Crippen molar-refractivity contribution in [3.8, 4) is 0 Å². The van der Waals surface area contributed by atoms with Crippen LogP contribution in [0.2, 0.25) is 0 Å². The van der Waals surface area contributed by atoms with Crippen LogP contribution in [0, 0.1) is 5.92 Å². The van der Waals surface area contributed by atoms with Crippen molar-refractivity contribution in [2.75, 3.05) is 18.8 Å². The van der Waals surface area contributed by atoms with Crippen molar-refractivity contribution < 1.29 is 29.1 Å². The van der Waals surface area contributed by atoms with E-state index in [1.54, 1.807) is 4.90 Å². The molecule has 4 rings (SSSR count). The monoisotopic (exact) mass is 478 g/mol. The van der Waals surface area contributed by atoms with Crippen LogP contribution in [0.4, 0.5) is 0 Å². The van der Waals surface area contributed by atoms with E-state index in [1.165, 1.54) is 29.3 Å². The molecule has 11 heteroatoms. The van der Waals surface area contributed by atoms with Gasteiger partial charge in [0, 0.05) is 30.8 Å². The summed E-state index contributed by atoms with van der Waals surface area (Å²) in [4.78, 5) is 57.9. The first-order chi connectivity index (χ1) is 15.9. The summed E-state index contributed by atoms with van der Waals surface area (Å²) in [7, 11) is 0. The first kappa shape index (κ1) is 23.6. The van der Waals surface area contributed by atoms with Crippen molar-refractivity contribution in [1.29, 1.82) is 0 Å². The Hall–Kier alpha value is -2.56. The van der Waals surface area contributed by atoms with Gasteiger partial charge in [-0.2, -0.15) is 0 Å². The summed E-state index contributed by atoms with van der Waals surface area (Å²) in [6.45, 7) is 2.93. The number of thioether (sulfide) groups is 1. The molecule has 10 nitrogen and oxygen atoms in total. The lowest BCUT2D eigenvalue weighted by molar-refractivity contribution is -0.151. The number of fused-ring (bicyclic) bond motifs is 1. The Morgan fingerprint density at radius 3 is 2.73 bits per heavy atom. The average molecular weight is 479 g/mol. The zero-order valence-electron chi connectivity index (χ0n) is 18.7. The van der Waals surface area contributed by atoms with E-state index in [1.807, 2.05) is 6.92 Å². The normalized spacial score (nSPS) is 28.2. The topological polar surface area (TPSA) is 129 Å². The maximum atomic E-state index is 12.8. The molecule has 2 N–H and O–H groups in total. The van der Waals surface area contributed by atoms with Crippen LogP contribution >= 0.6 is 11.8 Å². The summed E-state index contributed by atoms with van der Waals surface area (Å²) in [5.41, 5.74) is 0.296. The van der Waals surface area contributed by atoms with Gasteiger partial charge in [0.1, 0.15) is 23.2 Å². The largest absolute Gasteiger partial charge is 0.477 e. The summed E-state index contributed by atoms with van der Waals surface area (Å²) >= 11 is 1.38. The van der Waals surface area contributed by atoms with Gasteiger partial charge in [-0.05, 0) is 32.1 Å². The molecule has 1 aliphatic carbocycles. The number of carboxylic acid groups (broad SMARTS) is 1. The minimum Gasteiger partial charge on any atom is -0.477 e. The van der Waals surface area contributed by atoms with E-state index in [9.17, 15) is 24.3 Å². The fourth-order valence-electron chi connectivity index (χ4n) is 4.80. The molecule has 33 heavy (non-hydrogen) atoms. The van der Waals surface area contributed by atoms with Gasteiger partial charge in [-0.15, -0.1) is 11.8 Å². The van der Waals surface area contributed by atoms with Crippen molar-refractivity contribution in [3.05, 3.63) is 11.3 Å². The summed E-state index contributed by atoms with van der Waals surface area (Å²) in [6.07, 6.45) is 7.66. The number of β-lactam (4-membered cyclic amide) rings is 1. The van der Waals surface area contributed by atoms with Crippen LogP contribution < -0.4 is 5.32 Å². The van der Waals surface area contributed by atoms with E-state index in [-0.39, 0.29) is 30.0 Å². The Bertz CT molecular complexity index is 884. The van der Waals surface area contributed by atoms with Crippen molar-refractivity contribution in [1.82, 2.24) is 15.1 Å². The van der Waals surface area contributed by atoms with Crippen molar-refractivity contribution in [2.45, 2.75) is 69.4 Å². The first-order valence-electron chi connectivity index (χ1n) is 11.6. The zero-order chi connectivity index (χ0) is 23.5. The van der Waals surface area contributed by atoms with E-state index in [0.717, 1.165) is 32.1 Å². The van der Waals surface area contributed by atoms with Crippen LogP contribution in [-0.2, 0) is 24.0 Å². The molecule has 0 radical (unpaired) electrons. The standard InChI is InChI=1S/C22H30N4O6S/c1-2-8-25-11-13(9-16(25)27)19(28)24-17-20(29)26-18(22(30)31)14(12-33-21(17)26)10-23-32-15-6-4-3-5-7-15/h10,13,15,17,21H,2-9,11-12H2,1H3,(H,24,28)(H,30,31)/t13?,17-,21+/m1/s1. The third-order valence-corrected chi connectivity index (χ3v) is 7.85. The molecule has 3 atom stereocenters. The van der Waals surface area contributed by atoms with Crippen LogP contribution in [0.25, 0.3) is 0 Å². The van der Waals surface area contributed by atoms with Crippen LogP contribution in [0.5, 0.6) is 0 Å². The molecule has 0 aromatic carbocycles. The molecule has 0 aromatic rings. The fourth-order valence-corrected chi connectivity index (χ4v) is 6.09. The van der Waals surface area contributed by atoms with Crippen LogP contribution in [0.1, 0.15) is 51.9 Å². The van der Waals surface area contributed by atoms with Crippen LogP contribution in [-0.4, -0.2) is 81.2 Å². The first-order valence-corrected chi connectivity index (χ1v) is 12.6. The third-order valence-electron chi connectivity index (χ3n) is 6.55. The molecule has 3 aliphatic heterocycles. The highest BCUT2D eigenvalue weighted by molar-refractivity contribution is 8.00. The van der Waals surface area contributed by atoms with Gasteiger partial charge in [0.25, 0.3) is 5.91 Å². The number of hydrogen-bond acceptors (Lipinski definition) is 7. The number of hydrogen-bond donors (Lipinski definition) is 2. The molecular weight excluding hydrogens is 448 g/mol.